The van der Waals surface area contributed by atoms with Crippen molar-refractivity contribution in [3.05, 3.63) is 54.0 Å². The van der Waals surface area contributed by atoms with Crippen LogP contribution in [-0.4, -0.2) is 18.4 Å². The van der Waals surface area contributed by atoms with Gasteiger partial charge < -0.3 is 14.6 Å². The zero-order chi connectivity index (χ0) is 17.2. The predicted octanol–water partition coefficient (Wildman–Crippen LogP) is 3.22. The lowest BCUT2D eigenvalue weighted by atomic mass is 10.1. The van der Waals surface area contributed by atoms with Gasteiger partial charge in [-0.2, -0.15) is 0 Å². The smallest absolute Gasteiger partial charge is 0.226 e. The first-order chi connectivity index (χ1) is 12.2. The van der Waals surface area contributed by atoms with Gasteiger partial charge in [0.1, 0.15) is 5.76 Å². The number of hydrogen-bond donors (Lipinski definition) is 1. The molecule has 130 valence electrons. The molecule has 2 atom stereocenters. The third-order valence-corrected chi connectivity index (χ3v) is 5.05. The average Bonchev–Trinajstić information content (AvgIpc) is 3.25. The number of amides is 2. The van der Waals surface area contributed by atoms with Crippen molar-refractivity contribution in [3.63, 3.8) is 0 Å². The molecule has 1 aliphatic carbocycles. The van der Waals surface area contributed by atoms with E-state index in [4.69, 9.17) is 4.42 Å². The molecular weight excluding hydrogens is 316 g/mol. The number of hydrogen-bond acceptors (Lipinski definition) is 3. The molecule has 1 saturated heterocycles. The molecule has 2 aromatic rings. The van der Waals surface area contributed by atoms with E-state index >= 15 is 0 Å². The number of nitrogens with one attached hydrogen (secondary N) is 1. The Bertz CT molecular complexity index is 769. The summed E-state index contributed by atoms with van der Waals surface area (Å²) in [5.74, 6) is 1.38. The lowest BCUT2D eigenvalue weighted by Gasteiger charge is -2.27. The Morgan fingerprint density at radius 3 is 2.96 bits per heavy atom. The van der Waals surface area contributed by atoms with E-state index < -0.39 is 0 Å². The van der Waals surface area contributed by atoms with Crippen molar-refractivity contribution in [1.29, 1.82) is 0 Å². The van der Waals surface area contributed by atoms with E-state index in [0.717, 1.165) is 42.8 Å². The van der Waals surface area contributed by atoms with Crippen LogP contribution in [0.5, 0.6) is 0 Å². The number of anilines is 1. The summed E-state index contributed by atoms with van der Waals surface area (Å²) in [6.45, 7) is 1.26. The summed E-state index contributed by atoms with van der Waals surface area (Å²) in [6, 6.07) is 11.7. The maximum absolute atomic E-state index is 12.3. The van der Waals surface area contributed by atoms with Gasteiger partial charge >= 0.3 is 0 Å². The van der Waals surface area contributed by atoms with Gasteiger partial charge in [0.15, 0.2) is 0 Å². The van der Waals surface area contributed by atoms with Crippen molar-refractivity contribution in [2.24, 2.45) is 5.92 Å². The molecule has 4 rings (SSSR count). The highest BCUT2D eigenvalue weighted by Crippen LogP contribution is 2.47. The molecule has 1 N–H and O–H groups in total. The zero-order valence-electron chi connectivity index (χ0n) is 14.1. The molecule has 1 aromatic carbocycles. The van der Waals surface area contributed by atoms with Gasteiger partial charge in [0, 0.05) is 37.0 Å². The van der Waals surface area contributed by atoms with Gasteiger partial charge in [0.25, 0.3) is 0 Å². The maximum Gasteiger partial charge on any atom is 0.226 e. The van der Waals surface area contributed by atoms with Gasteiger partial charge in [-0.05, 0) is 49.1 Å². The van der Waals surface area contributed by atoms with E-state index in [2.05, 4.69) is 5.32 Å². The van der Waals surface area contributed by atoms with Gasteiger partial charge in [-0.15, -0.1) is 0 Å². The minimum Gasteiger partial charge on any atom is -0.469 e. The molecule has 0 radical (unpaired) electrons. The second-order valence-corrected chi connectivity index (χ2v) is 6.85. The van der Waals surface area contributed by atoms with Crippen LogP contribution in [0.25, 0.3) is 0 Å². The fourth-order valence-corrected chi connectivity index (χ4v) is 3.53. The van der Waals surface area contributed by atoms with Crippen LogP contribution in [0.2, 0.25) is 0 Å². The summed E-state index contributed by atoms with van der Waals surface area (Å²) in [5.41, 5.74) is 1.94. The van der Waals surface area contributed by atoms with Crippen LogP contribution >= 0.6 is 0 Å². The molecule has 5 heteroatoms. The summed E-state index contributed by atoms with van der Waals surface area (Å²) >= 11 is 0. The first-order valence-electron chi connectivity index (χ1n) is 8.93. The number of furan rings is 1. The van der Waals surface area contributed by atoms with E-state index in [9.17, 15) is 9.59 Å². The fraction of sp³-hybridized carbons (Fsp3) is 0.400. The Morgan fingerprint density at radius 1 is 1.24 bits per heavy atom. The van der Waals surface area contributed by atoms with Crippen LogP contribution in [0, 0.1) is 5.92 Å². The van der Waals surface area contributed by atoms with E-state index in [-0.39, 0.29) is 23.7 Å². The number of piperidine rings is 1. The van der Waals surface area contributed by atoms with Gasteiger partial charge in [-0.3, -0.25) is 9.59 Å². The summed E-state index contributed by atoms with van der Waals surface area (Å²) in [7, 11) is 0. The SMILES string of the molecule is O=C(NCc1cccc(N2CCCCC2=O)c1)[C@H]1C[C@@H]1c1ccco1. The number of carbonyl (C=O) groups is 2. The molecule has 2 fully saturated rings. The first-order valence-corrected chi connectivity index (χ1v) is 8.93. The largest absolute Gasteiger partial charge is 0.469 e. The van der Waals surface area contributed by atoms with Crippen molar-refractivity contribution in [1.82, 2.24) is 5.32 Å². The number of rotatable bonds is 5. The topological polar surface area (TPSA) is 62.6 Å². The van der Waals surface area contributed by atoms with Crippen molar-refractivity contribution in [2.45, 2.75) is 38.1 Å². The highest BCUT2D eigenvalue weighted by Gasteiger charge is 2.45. The Labute approximate surface area is 147 Å². The standard InChI is InChI=1S/C20H22N2O3/c23-19-8-1-2-9-22(19)15-6-3-5-14(11-15)13-21-20(24)17-12-16(17)18-7-4-10-25-18/h3-7,10-11,16-17H,1-2,8-9,12-13H2,(H,21,24)/t16-,17-/m0/s1. The molecular formula is C20H22N2O3. The Hall–Kier alpha value is -2.56. The van der Waals surface area contributed by atoms with Crippen molar-refractivity contribution >= 4 is 17.5 Å². The normalized spacial score (nSPS) is 22.7. The molecule has 0 spiro atoms. The molecule has 5 nitrogen and oxygen atoms in total. The minimum atomic E-state index is 0.0120. The summed E-state index contributed by atoms with van der Waals surface area (Å²) < 4.78 is 5.38. The highest BCUT2D eigenvalue weighted by molar-refractivity contribution is 5.94. The lowest BCUT2D eigenvalue weighted by Crippen LogP contribution is -2.35. The molecule has 0 bridgehead atoms. The lowest BCUT2D eigenvalue weighted by molar-refractivity contribution is -0.122. The van der Waals surface area contributed by atoms with Gasteiger partial charge in [0.05, 0.1) is 6.26 Å². The molecule has 25 heavy (non-hydrogen) atoms. The van der Waals surface area contributed by atoms with Gasteiger partial charge in [-0.25, -0.2) is 0 Å². The van der Waals surface area contributed by atoms with Crippen LogP contribution in [-0.2, 0) is 16.1 Å². The van der Waals surface area contributed by atoms with Crippen molar-refractivity contribution in [2.75, 3.05) is 11.4 Å². The van der Waals surface area contributed by atoms with Crippen LogP contribution in [0.15, 0.2) is 47.1 Å². The molecule has 1 aromatic heterocycles. The van der Waals surface area contributed by atoms with Crippen LogP contribution in [0.3, 0.4) is 0 Å². The summed E-state index contributed by atoms with van der Waals surface area (Å²) in [4.78, 5) is 26.2. The second-order valence-electron chi connectivity index (χ2n) is 6.85. The third-order valence-electron chi connectivity index (χ3n) is 5.05. The Balaban J connectivity index is 1.35. The van der Waals surface area contributed by atoms with E-state index in [0.29, 0.717) is 13.0 Å². The number of benzene rings is 1. The average molecular weight is 338 g/mol. The molecule has 1 aliphatic heterocycles. The second kappa shape index (κ2) is 6.75. The quantitative estimate of drug-likeness (QED) is 0.910. The minimum absolute atomic E-state index is 0.0120. The Morgan fingerprint density at radius 2 is 2.16 bits per heavy atom. The summed E-state index contributed by atoms with van der Waals surface area (Å²) in [6.07, 6.45) is 5.14. The van der Waals surface area contributed by atoms with E-state index in [1.54, 1.807) is 6.26 Å². The molecule has 2 amide bonds. The highest BCUT2D eigenvalue weighted by atomic mass is 16.3. The monoisotopic (exact) mass is 338 g/mol. The predicted molar refractivity (Wildman–Crippen MR) is 94.0 cm³/mol. The van der Waals surface area contributed by atoms with E-state index in [1.165, 1.54) is 0 Å². The fourth-order valence-electron chi connectivity index (χ4n) is 3.53. The number of nitrogens with zero attached hydrogens (tertiary/aromatic N) is 1. The van der Waals surface area contributed by atoms with Crippen molar-refractivity contribution in [3.8, 4) is 0 Å². The first kappa shape index (κ1) is 15.9. The van der Waals surface area contributed by atoms with Gasteiger partial charge in [0.2, 0.25) is 11.8 Å². The van der Waals surface area contributed by atoms with Crippen LogP contribution in [0.1, 0.15) is 42.9 Å². The Kier molecular flexibility index (Phi) is 4.30. The zero-order valence-corrected chi connectivity index (χ0v) is 14.1. The molecule has 0 unspecified atom stereocenters. The number of carbonyl (C=O) groups excluding carboxylic acids is 2. The summed E-state index contributed by atoms with van der Waals surface area (Å²) in [5, 5.41) is 3.01. The van der Waals surface area contributed by atoms with E-state index in [1.807, 2.05) is 41.3 Å². The van der Waals surface area contributed by atoms with Crippen LogP contribution in [0.4, 0.5) is 5.69 Å². The van der Waals surface area contributed by atoms with Crippen molar-refractivity contribution < 1.29 is 14.0 Å². The van der Waals surface area contributed by atoms with Gasteiger partial charge in [-0.1, -0.05) is 12.1 Å². The molecule has 2 aliphatic rings. The third kappa shape index (κ3) is 3.45. The maximum atomic E-state index is 12.3. The molecule has 2 heterocycles. The van der Waals surface area contributed by atoms with Crippen LogP contribution < -0.4 is 10.2 Å². The molecule has 1 saturated carbocycles.